The van der Waals surface area contributed by atoms with Crippen molar-refractivity contribution in [3.05, 3.63) is 0 Å². The van der Waals surface area contributed by atoms with Crippen molar-refractivity contribution in [3.8, 4) is 0 Å². The third kappa shape index (κ3) is 10.0. The summed E-state index contributed by atoms with van der Waals surface area (Å²) >= 11 is 0. The molecule has 1 aliphatic heterocycles. The van der Waals surface area contributed by atoms with Gasteiger partial charge >= 0.3 is 0 Å². The Bertz CT molecular complexity index is 379. The highest BCUT2D eigenvalue weighted by Crippen LogP contribution is 2.21. The molecular weight excluding hydrogens is 403 g/mol. The molecule has 5 nitrogen and oxygen atoms in total. The topological polar surface area (TPSA) is 70.7 Å². The maximum atomic E-state index is 11.1. The molecule has 136 valence electrons. The van der Waals surface area contributed by atoms with Gasteiger partial charge in [0, 0.05) is 32.6 Å². The number of likely N-dealkylation sites (tertiary alicyclic amines) is 1. The number of primary amides is 1. The molecule has 1 unspecified atom stereocenters. The first kappa shape index (κ1) is 22.5. The van der Waals surface area contributed by atoms with E-state index in [1.165, 1.54) is 6.42 Å². The molecular formula is C17H35IN4O. The molecule has 23 heavy (non-hydrogen) atoms. The van der Waals surface area contributed by atoms with E-state index in [2.05, 4.69) is 37.9 Å². The van der Waals surface area contributed by atoms with Crippen LogP contribution in [0.25, 0.3) is 0 Å². The van der Waals surface area contributed by atoms with Gasteiger partial charge in [0.15, 0.2) is 5.96 Å². The number of piperidine rings is 1. The lowest BCUT2D eigenvalue weighted by Crippen LogP contribution is -2.47. The SMILES string of the molecule is CCNC(=NCCCC(C)(C)C)N1CCCC(CC(N)=O)C1.I. The van der Waals surface area contributed by atoms with E-state index >= 15 is 0 Å². The minimum absolute atomic E-state index is 0. The number of aliphatic imine (C=N–C) groups is 1. The highest BCUT2D eigenvalue weighted by molar-refractivity contribution is 14.0. The van der Waals surface area contributed by atoms with E-state index in [4.69, 9.17) is 10.7 Å². The maximum absolute atomic E-state index is 11.1. The fourth-order valence-corrected chi connectivity index (χ4v) is 2.93. The van der Waals surface area contributed by atoms with E-state index in [1.807, 2.05) is 0 Å². The van der Waals surface area contributed by atoms with Crippen LogP contribution in [-0.2, 0) is 4.79 Å². The Morgan fingerprint density at radius 3 is 2.65 bits per heavy atom. The van der Waals surface area contributed by atoms with Gasteiger partial charge in [-0.1, -0.05) is 20.8 Å². The number of nitrogens with zero attached hydrogens (tertiary/aromatic N) is 2. The molecule has 1 fully saturated rings. The molecule has 0 aromatic heterocycles. The van der Waals surface area contributed by atoms with Gasteiger partial charge in [0.05, 0.1) is 0 Å². The second kappa shape index (κ2) is 11.1. The predicted octanol–water partition coefficient (Wildman–Crippen LogP) is 2.98. The Labute approximate surface area is 158 Å². The molecule has 0 aromatic carbocycles. The van der Waals surface area contributed by atoms with E-state index < -0.39 is 0 Å². The minimum Gasteiger partial charge on any atom is -0.370 e. The molecule has 0 spiro atoms. The average Bonchev–Trinajstić information content (AvgIpc) is 2.40. The first-order valence-corrected chi connectivity index (χ1v) is 8.63. The Morgan fingerprint density at radius 2 is 2.09 bits per heavy atom. The quantitative estimate of drug-likeness (QED) is 0.290. The summed E-state index contributed by atoms with van der Waals surface area (Å²) in [5.74, 6) is 1.16. The molecule has 1 amide bonds. The molecule has 0 bridgehead atoms. The largest absolute Gasteiger partial charge is 0.370 e. The molecule has 0 radical (unpaired) electrons. The number of hydrogen-bond acceptors (Lipinski definition) is 2. The number of nitrogens with one attached hydrogen (secondary N) is 1. The van der Waals surface area contributed by atoms with Gasteiger partial charge in [0.25, 0.3) is 0 Å². The van der Waals surface area contributed by atoms with Crippen molar-refractivity contribution in [3.63, 3.8) is 0 Å². The number of hydrogen-bond donors (Lipinski definition) is 2. The van der Waals surface area contributed by atoms with E-state index in [-0.39, 0.29) is 29.9 Å². The highest BCUT2D eigenvalue weighted by atomic mass is 127. The average molecular weight is 438 g/mol. The molecule has 1 rings (SSSR count). The van der Waals surface area contributed by atoms with Crippen molar-refractivity contribution in [1.82, 2.24) is 10.2 Å². The Balaban J connectivity index is 0.00000484. The minimum atomic E-state index is -0.195. The van der Waals surface area contributed by atoms with Crippen LogP contribution in [0, 0.1) is 11.3 Å². The van der Waals surface area contributed by atoms with Crippen molar-refractivity contribution < 1.29 is 4.79 Å². The second-order valence-electron chi connectivity index (χ2n) is 7.52. The van der Waals surface area contributed by atoms with Gasteiger partial charge in [-0.05, 0) is 43.9 Å². The predicted molar refractivity (Wildman–Crippen MR) is 108 cm³/mol. The molecule has 1 atom stereocenters. The van der Waals surface area contributed by atoms with Crippen LogP contribution in [0.5, 0.6) is 0 Å². The van der Waals surface area contributed by atoms with Gasteiger partial charge in [0.2, 0.25) is 5.91 Å². The van der Waals surface area contributed by atoms with Gasteiger partial charge in [-0.15, -0.1) is 24.0 Å². The number of nitrogens with two attached hydrogens (primary N) is 1. The van der Waals surface area contributed by atoms with Crippen molar-refractivity contribution in [2.45, 2.75) is 59.8 Å². The van der Waals surface area contributed by atoms with E-state index in [9.17, 15) is 4.79 Å². The molecule has 0 aromatic rings. The summed E-state index contributed by atoms with van der Waals surface area (Å²) in [6.07, 6.45) is 4.96. The summed E-state index contributed by atoms with van der Waals surface area (Å²) in [5.41, 5.74) is 5.71. The van der Waals surface area contributed by atoms with E-state index in [0.717, 1.165) is 51.4 Å². The van der Waals surface area contributed by atoms with Crippen molar-refractivity contribution in [1.29, 1.82) is 0 Å². The van der Waals surface area contributed by atoms with Crippen LogP contribution in [0.2, 0.25) is 0 Å². The molecule has 1 heterocycles. The lowest BCUT2D eigenvalue weighted by molar-refractivity contribution is -0.119. The normalized spacial score (nSPS) is 19.2. The summed E-state index contributed by atoms with van der Waals surface area (Å²) in [6, 6.07) is 0. The fraction of sp³-hybridized carbons (Fsp3) is 0.882. The number of guanidine groups is 1. The number of halogens is 1. The van der Waals surface area contributed by atoms with Crippen molar-refractivity contribution in [2.24, 2.45) is 22.1 Å². The van der Waals surface area contributed by atoms with Gasteiger partial charge in [-0.2, -0.15) is 0 Å². The Hall–Kier alpha value is -0.530. The number of carbonyl (C=O) groups excluding carboxylic acids is 1. The van der Waals surface area contributed by atoms with E-state index in [1.54, 1.807) is 0 Å². The summed E-state index contributed by atoms with van der Waals surface area (Å²) < 4.78 is 0. The first-order chi connectivity index (χ1) is 10.3. The zero-order chi connectivity index (χ0) is 16.6. The first-order valence-electron chi connectivity index (χ1n) is 8.63. The summed E-state index contributed by atoms with van der Waals surface area (Å²) in [4.78, 5) is 18.2. The van der Waals surface area contributed by atoms with Gasteiger partial charge in [0.1, 0.15) is 0 Å². The van der Waals surface area contributed by atoms with Crippen LogP contribution >= 0.6 is 24.0 Å². The number of rotatable bonds is 6. The highest BCUT2D eigenvalue weighted by Gasteiger charge is 2.23. The maximum Gasteiger partial charge on any atom is 0.217 e. The Kier molecular flexibility index (Phi) is 10.8. The second-order valence-corrected chi connectivity index (χ2v) is 7.52. The van der Waals surface area contributed by atoms with Crippen LogP contribution in [0.3, 0.4) is 0 Å². The fourth-order valence-electron chi connectivity index (χ4n) is 2.93. The summed E-state index contributed by atoms with van der Waals surface area (Å²) in [7, 11) is 0. The lowest BCUT2D eigenvalue weighted by Gasteiger charge is -2.34. The van der Waals surface area contributed by atoms with E-state index in [0.29, 0.717) is 17.8 Å². The van der Waals surface area contributed by atoms with Crippen LogP contribution in [0.1, 0.15) is 59.8 Å². The number of carbonyl (C=O) groups is 1. The smallest absolute Gasteiger partial charge is 0.217 e. The van der Waals surface area contributed by atoms with Gasteiger partial charge in [-0.3, -0.25) is 9.79 Å². The van der Waals surface area contributed by atoms with Gasteiger partial charge < -0.3 is 16.0 Å². The van der Waals surface area contributed by atoms with Gasteiger partial charge in [-0.25, -0.2) is 0 Å². The lowest BCUT2D eigenvalue weighted by atomic mass is 9.91. The zero-order valence-electron chi connectivity index (χ0n) is 15.2. The zero-order valence-corrected chi connectivity index (χ0v) is 17.6. The van der Waals surface area contributed by atoms with Crippen molar-refractivity contribution in [2.75, 3.05) is 26.2 Å². The van der Waals surface area contributed by atoms with Crippen molar-refractivity contribution >= 4 is 35.8 Å². The van der Waals surface area contributed by atoms with Crippen LogP contribution in [0.15, 0.2) is 4.99 Å². The Morgan fingerprint density at radius 1 is 1.39 bits per heavy atom. The third-order valence-corrected chi connectivity index (χ3v) is 3.99. The third-order valence-electron chi connectivity index (χ3n) is 3.99. The van der Waals surface area contributed by atoms with Crippen LogP contribution in [0.4, 0.5) is 0 Å². The molecule has 1 aliphatic rings. The molecule has 1 saturated heterocycles. The number of amides is 1. The molecule has 6 heteroatoms. The van der Waals surface area contributed by atoms with Crippen LogP contribution < -0.4 is 11.1 Å². The molecule has 0 aliphatic carbocycles. The summed E-state index contributed by atoms with van der Waals surface area (Å²) in [6.45, 7) is 12.5. The molecule has 3 N–H and O–H groups in total. The standard InChI is InChI=1S/C17H34N4O.HI/c1-5-19-16(20-10-7-9-17(2,3)4)21-11-6-8-14(13-21)12-15(18)22;/h14H,5-13H2,1-4H3,(H2,18,22)(H,19,20);1H. The monoisotopic (exact) mass is 438 g/mol. The molecule has 0 saturated carbocycles. The summed E-state index contributed by atoms with van der Waals surface area (Å²) in [5, 5.41) is 3.38. The van der Waals surface area contributed by atoms with Crippen LogP contribution in [-0.4, -0.2) is 42.9 Å².